The fraction of sp³-hybridized carbons (Fsp3) is 0.118. The zero-order valence-corrected chi connectivity index (χ0v) is 12.1. The van der Waals surface area contributed by atoms with E-state index in [0.717, 1.165) is 6.07 Å². The van der Waals surface area contributed by atoms with Crippen molar-refractivity contribution in [2.24, 2.45) is 7.05 Å². The van der Waals surface area contributed by atoms with Gasteiger partial charge in [0.2, 0.25) is 0 Å². The van der Waals surface area contributed by atoms with E-state index in [9.17, 15) is 13.6 Å². The lowest BCUT2D eigenvalue weighted by Crippen LogP contribution is -2.08. The highest BCUT2D eigenvalue weighted by atomic mass is 19.1. The Morgan fingerprint density at radius 2 is 1.77 bits per heavy atom. The van der Waals surface area contributed by atoms with Crippen LogP contribution < -0.4 is 10.2 Å². The first-order valence-corrected chi connectivity index (χ1v) is 6.64. The molecule has 5 heteroatoms. The van der Waals surface area contributed by atoms with Crippen molar-refractivity contribution in [2.45, 2.75) is 0 Å². The summed E-state index contributed by atoms with van der Waals surface area (Å²) in [5.74, 6) is -0.920. The summed E-state index contributed by atoms with van der Waals surface area (Å²) in [6, 6.07) is 8.78. The Balaban J connectivity index is 2.34. The Morgan fingerprint density at radius 3 is 2.41 bits per heavy atom. The molecule has 22 heavy (non-hydrogen) atoms. The summed E-state index contributed by atoms with van der Waals surface area (Å²) in [7, 11) is 3.13. The Hall–Kier alpha value is -2.69. The molecular formula is C17H13F2NO2. The predicted molar refractivity (Wildman–Crippen MR) is 81.1 cm³/mol. The standard InChI is InChI=1S/C17H13F2NO2/c1-20-8-7-14(21)12-9-13(18)15(16(19)17(12)20)10-3-5-11(22-2)6-4-10/h3-9H,1-2H3. The lowest BCUT2D eigenvalue weighted by atomic mass is 10.0. The van der Waals surface area contributed by atoms with E-state index >= 15 is 0 Å². The van der Waals surface area contributed by atoms with Gasteiger partial charge in [0.25, 0.3) is 0 Å². The largest absolute Gasteiger partial charge is 0.497 e. The summed E-state index contributed by atoms with van der Waals surface area (Å²) in [5.41, 5.74) is -0.0998. The molecule has 0 saturated heterocycles. The molecule has 112 valence electrons. The minimum absolute atomic E-state index is 0.0252. The monoisotopic (exact) mass is 301 g/mol. The molecule has 0 atom stereocenters. The molecule has 0 fully saturated rings. The van der Waals surface area contributed by atoms with Gasteiger partial charge in [-0.2, -0.15) is 0 Å². The van der Waals surface area contributed by atoms with Crippen LogP contribution in [0.2, 0.25) is 0 Å². The maximum atomic E-state index is 14.8. The highest BCUT2D eigenvalue weighted by Crippen LogP contribution is 2.31. The fourth-order valence-electron chi connectivity index (χ4n) is 2.51. The molecule has 0 aliphatic carbocycles. The number of fused-ring (bicyclic) bond motifs is 1. The number of aromatic nitrogens is 1. The maximum Gasteiger partial charge on any atom is 0.189 e. The first kappa shape index (κ1) is 14.3. The summed E-state index contributed by atoms with van der Waals surface area (Å²) in [6.45, 7) is 0. The van der Waals surface area contributed by atoms with Crippen LogP contribution in [-0.4, -0.2) is 11.7 Å². The summed E-state index contributed by atoms with van der Waals surface area (Å²) in [4.78, 5) is 11.8. The minimum atomic E-state index is -0.765. The van der Waals surface area contributed by atoms with Crippen LogP contribution in [0, 0.1) is 11.6 Å². The number of hydrogen-bond acceptors (Lipinski definition) is 2. The molecule has 0 bridgehead atoms. The van der Waals surface area contributed by atoms with Crippen molar-refractivity contribution in [1.82, 2.24) is 4.57 Å². The van der Waals surface area contributed by atoms with Crippen molar-refractivity contribution < 1.29 is 13.5 Å². The molecule has 1 aromatic heterocycles. The zero-order valence-electron chi connectivity index (χ0n) is 12.1. The van der Waals surface area contributed by atoms with Crippen LogP contribution in [0.25, 0.3) is 22.0 Å². The maximum absolute atomic E-state index is 14.8. The summed E-state index contributed by atoms with van der Waals surface area (Å²) >= 11 is 0. The summed E-state index contributed by atoms with van der Waals surface area (Å²) in [5, 5.41) is 0.0252. The first-order chi connectivity index (χ1) is 10.5. The molecule has 3 rings (SSSR count). The number of halogens is 2. The van der Waals surface area contributed by atoms with Crippen LogP contribution in [0.1, 0.15) is 0 Å². The average Bonchev–Trinajstić information content (AvgIpc) is 2.51. The van der Waals surface area contributed by atoms with E-state index in [2.05, 4.69) is 0 Å². The van der Waals surface area contributed by atoms with Gasteiger partial charge in [-0.3, -0.25) is 4.79 Å². The molecule has 0 N–H and O–H groups in total. The van der Waals surface area contributed by atoms with Gasteiger partial charge in [-0.25, -0.2) is 8.78 Å². The second kappa shape index (κ2) is 5.26. The molecule has 0 aliphatic heterocycles. The second-order valence-corrected chi connectivity index (χ2v) is 4.96. The topological polar surface area (TPSA) is 31.2 Å². The Bertz CT molecular complexity index is 915. The normalized spacial score (nSPS) is 10.9. The van der Waals surface area contributed by atoms with Crippen molar-refractivity contribution in [3.63, 3.8) is 0 Å². The number of methoxy groups -OCH3 is 1. The van der Waals surface area contributed by atoms with E-state index in [1.807, 2.05) is 0 Å². The van der Waals surface area contributed by atoms with Crippen LogP contribution >= 0.6 is 0 Å². The van der Waals surface area contributed by atoms with Crippen LogP contribution in [0.15, 0.2) is 47.4 Å². The second-order valence-electron chi connectivity index (χ2n) is 4.96. The van der Waals surface area contributed by atoms with E-state index < -0.39 is 17.1 Å². The van der Waals surface area contributed by atoms with E-state index in [-0.39, 0.29) is 16.5 Å². The molecule has 2 aromatic carbocycles. The minimum Gasteiger partial charge on any atom is -0.497 e. The average molecular weight is 301 g/mol. The lowest BCUT2D eigenvalue weighted by Gasteiger charge is -2.12. The molecule has 3 aromatic rings. The van der Waals surface area contributed by atoms with Gasteiger partial charge < -0.3 is 9.30 Å². The van der Waals surface area contributed by atoms with E-state index in [1.165, 1.54) is 23.9 Å². The van der Waals surface area contributed by atoms with Gasteiger partial charge in [0.1, 0.15) is 11.6 Å². The first-order valence-electron chi connectivity index (χ1n) is 6.64. The number of benzene rings is 2. The van der Waals surface area contributed by atoms with E-state index in [0.29, 0.717) is 11.3 Å². The van der Waals surface area contributed by atoms with Crippen molar-refractivity contribution in [3.8, 4) is 16.9 Å². The number of ether oxygens (including phenoxy) is 1. The van der Waals surface area contributed by atoms with Crippen LogP contribution in [-0.2, 0) is 7.05 Å². The molecule has 3 nitrogen and oxygen atoms in total. The zero-order chi connectivity index (χ0) is 15.9. The number of aryl methyl sites for hydroxylation is 1. The highest BCUT2D eigenvalue weighted by molar-refractivity contribution is 5.86. The Morgan fingerprint density at radius 1 is 1.09 bits per heavy atom. The molecule has 0 unspecified atom stereocenters. The van der Waals surface area contributed by atoms with Gasteiger partial charge in [0.15, 0.2) is 11.2 Å². The fourth-order valence-corrected chi connectivity index (χ4v) is 2.51. The summed E-state index contributed by atoms with van der Waals surface area (Å²) in [6.07, 6.45) is 1.46. The SMILES string of the molecule is COc1ccc(-c2c(F)cc3c(=O)ccn(C)c3c2F)cc1. The van der Waals surface area contributed by atoms with Crippen LogP contribution in [0.4, 0.5) is 8.78 Å². The number of rotatable bonds is 2. The van der Waals surface area contributed by atoms with Gasteiger partial charge in [0, 0.05) is 19.3 Å². The number of hydrogen-bond donors (Lipinski definition) is 0. The van der Waals surface area contributed by atoms with Crippen LogP contribution in [0.5, 0.6) is 5.75 Å². The van der Waals surface area contributed by atoms with Gasteiger partial charge in [-0.1, -0.05) is 12.1 Å². The molecule has 0 amide bonds. The van der Waals surface area contributed by atoms with Gasteiger partial charge in [0.05, 0.1) is 23.6 Å². The molecule has 1 heterocycles. The molecule has 0 spiro atoms. The summed E-state index contributed by atoms with van der Waals surface area (Å²) < 4.78 is 35.7. The third kappa shape index (κ3) is 2.15. The number of pyridine rings is 1. The van der Waals surface area contributed by atoms with Crippen molar-refractivity contribution in [1.29, 1.82) is 0 Å². The molecule has 0 aliphatic rings. The Labute approximate surface area is 125 Å². The number of nitrogens with zero attached hydrogens (tertiary/aromatic N) is 1. The third-order valence-electron chi connectivity index (χ3n) is 3.64. The lowest BCUT2D eigenvalue weighted by molar-refractivity contribution is 0.415. The van der Waals surface area contributed by atoms with Crippen molar-refractivity contribution in [3.05, 3.63) is 64.5 Å². The smallest absolute Gasteiger partial charge is 0.189 e. The molecular weight excluding hydrogens is 288 g/mol. The molecule has 0 saturated carbocycles. The van der Waals surface area contributed by atoms with Gasteiger partial charge in [-0.05, 0) is 23.8 Å². The third-order valence-corrected chi connectivity index (χ3v) is 3.64. The highest BCUT2D eigenvalue weighted by Gasteiger charge is 2.18. The molecule has 0 radical (unpaired) electrons. The van der Waals surface area contributed by atoms with Gasteiger partial charge in [-0.15, -0.1) is 0 Å². The van der Waals surface area contributed by atoms with E-state index in [1.54, 1.807) is 31.3 Å². The van der Waals surface area contributed by atoms with Gasteiger partial charge >= 0.3 is 0 Å². The Kier molecular flexibility index (Phi) is 3.41. The van der Waals surface area contributed by atoms with Crippen molar-refractivity contribution >= 4 is 10.9 Å². The quantitative estimate of drug-likeness (QED) is 0.725. The predicted octanol–water partition coefficient (Wildman–Crippen LogP) is 3.49. The van der Waals surface area contributed by atoms with Crippen LogP contribution in [0.3, 0.4) is 0 Å². The van der Waals surface area contributed by atoms with Crippen molar-refractivity contribution in [2.75, 3.05) is 7.11 Å². The van der Waals surface area contributed by atoms with E-state index in [4.69, 9.17) is 4.74 Å².